The lowest BCUT2D eigenvalue weighted by atomic mass is 9.78. The predicted molar refractivity (Wildman–Crippen MR) is 73.9 cm³/mol. The van der Waals surface area contributed by atoms with Gasteiger partial charge in [0, 0.05) is 12.1 Å². The molecule has 0 spiro atoms. The first-order valence-electron chi connectivity index (χ1n) is 6.44. The zero-order chi connectivity index (χ0) is 12.5. The standard InChI is InChI=1S/C16H23N/c1-12-10-14(13-8-6-5-7-9-13)17-15(11-12)16(2,3)4/h5-9,14-15,17H,1,10-11H2,2-4H3/t14-,15+/m0/s1. The molecule has 0 aliphatic carbocycles. The summed E-state index contributed by atoms with van der Waals surface area (Å²) in [5.74, 6) is 0. The molecule has 1 heterocycles. The average molecular weight is 229 g/mol. The van der Waals surface area contributed by atoms with Crippen LogP contribution in [0.2, 0.25) is 0 Å². The fourth-order valence-corrected chi connectivity index (χ4v) is 2.48. The molecular weight excluding hydrogens is 206 g/mol. The van der Waals surface area contributed by atoms with Crippen molar-refractivity contribution in [2.24, 2.45) is 5.41 Å². The molecular formula is C16H23N. The summed E-state index contributed by atoms with van der Waals surface area (Å²) in [5, 5.41) is 3.78. The van der Waals surface area contributed by atoms with E-state index in [4.69, 9.17) is 0 Å². The quantitative estimate of drug-likeness (QED) is 0.715. The summed E-state index contributed by atoms with van der Waals surface area (Å²) in [6.07, 6.45) is 2.17. The van der Waals surface area contributed by atoms with Gasteiger partial charge in [0.25, 0.3) is 0 Å². The maximum atomic E-state index is 4.21. The third kappa shape index (κ3) is 2.98. The summed E-state index contributed by atoms with van der Waals surface area (Å²) in [4.78, 5) is 0. The van der Waals surface area contributed by atoms with Crippen LogP contribution in [0.5, 0.6) is 0 Å². The molecule has 0 unspecified atom stereocenters. The molecule has 0 aromatic heterocycles. The molecule has 2 rings (SSSR count). The van der Waals surface area contributed by atoms with Gasteiger partial charge in [0.2, 0.25) is 0 Å². The number of benzene rings is 1. The lowest BCUT2D eigenvalue weighted by Crippen LogP contribution is -2.45. The van der Waals surface area contributed by atoms with Crippen LogP contribution in [0.3, 0.4) is 0 Å². The second kappa shape index (κ2) is 4.66. The molecule has 1 nitrogen and oxygen atoms in total. The van der Waals surface area contributed by atoms with Crippen LogP contribution in [0.4, 0.5) is 0 Å². The Morgan fingerprint density at radius 2 is 1.76 bits per heavy atom. The minimum absolute atomic E-state index is 0.288. The molecule has 0 radical (unpaired) electrons. The van der Waals surface area contributed by atoms with Crippen molar-refractivity contribution >= 4 is 0 Å². The largest absolute Gasteiger partial charge is 0.306 e. The molecule has 0 saturated carbocycles. The minimum Gasteiger partial charge on any atom is -0.306 e. The van der Waals surface area contributed by atoms with Crippen LogP contribution in [0.25, 0.3) is 0 Å². The molecule has 1 saturated heterocycles. The van der Waals surface area contributed by atoms with E-state index in [0.29, 0.717) is 12.1 Å². The van der Waals surface area contributed by atoms with Gasteiger partial charge >= 0.3 is 0 Å². The van der Waals surface area contributed by atoms with Crippen molar-refractivity contribution in [1.29, 1.82) is 0 Å². The third-order valence-corrected chi connectivity index (χ3v) is 3.64. The molecule has 1 aliphatic rings. The molecule has 92 valence electrons. The van der Waals surface area contributed by atoms with Crippen LogP contribution in [0.1, 0.15) is 45.2 Å². The molecule has 1 aliphatic heterocycles. The van der Waals surface area contributed by atoms with E-state index in [-0.39, 0.29) is 5.41 Å². The van der Waals surface area contributed by atoms with Crippen molar-refractivity contribution in [1.82, 2.24) is 5.32 Å². The molecule has 1 N–H and O–H groups in total. The summed E-state index contributed by atoms with van der Waals surface area (Å²) in [6.45, 7) is 11.1. The van der Waals surface area contributed by atoms with Crippen molar-refractivity contribution in [3.63, 3.8) is 0 Å². The van der Waals surface area contributed by atoms with Gasteiger partial charge in [-0.15, -0.1) is 0 Å². The summed E-state index contributed by atoms with van der Waals surface area (Å²) in [7, 11) is 0. The molecule has 1 aromatic carbocycles. The summed E-state index contributed by atoms with van der Waals surface area (Å²) in [6, 6.07) is 11.7. The Hall–Kier alpha value is -1.08. The van der Waals surface area contributed by atoms with Gasteiger partial charge in [-0.3, -0.25) is 0 Å². The monoisotopic (exact) mass is 229 g/mol. The van der Waals surface area contributed by atoms with Gasteiger partial charge in [0.05, 0.1) is 0 Å². The van der Waals surface area contributed by atoms with Gasteiger partial charge in [-0.25, -0.2) is 0 Å². The van der Waals surface area contributed by atoms with E-state index in [1.165, 1.54) is 11.1 Å². The van der Waals surface area contributed by atoms with Crippen molar-refractivity contribution in [3.8, 4) is 0 Å². The van der Waals surface area contributed by atoms with Crippen molar-refractivity contribution in [2.45, 2.75) is 45.7 Å². The number of hydrogen-bond donors (Lipinski definition) is 1. The van der Waals surface area contributed by atoms with Gasteiger partial charge < -0.3 is 5.32 Å². The first kappa shape index (κ1) is 12.4. The second-order valence-corrected chi connectivity index (χ2v) is 6.21. The van der Waals surface area contributed by atoms with Crippen LogP contribution in [-0.2, 0) is 0 Å². The zero-order valence-corrected chi connectivity index (χ0v) is 11.2. The molecule has 1 heteroatoms. The van der Waals surface area contributed by atoms with Crippen molar-refractivity contribution in [3.05, 3.63) is 48.0 Å². The van der Waals surface area contributed by atoms with Crippen LogP contribution in [0.15, 0.2) is 42.5 Å². The number of piperidine rings is 1. The third-order valence-electron chi connectivity index (χ3n) is 3.64. The Bertz CT molecular complexity index is 386. The highest BCUT2D eigenvalue weighted by atomic mass is 15.0. The lowest BCUT2D eigenvalue weighted by Gasteiger charge is -2.40. The van der Waals surface area contributed by atoms with Crippen LogP contribution in [-0.4, -0.2) is 6.04 Å². The first-order valence-corrected chi connectivity index (χ1v) is 6.44. The van der Waals surface area contributed by atoms with Crippen LogP contribution in [0, 0.1) is 5.41 Å². The Morgan fingerprint density at radius 3 is 2.35 bits per heavy atom. The smallest absolute Gasteiger partial charge is 0.0360 e. The summed E-state index contributed by atoms with van der Waals surface area (Å²) >= 11 is 0. The van der Waals surface area contributed by atoms with Crippen molar-refractivity contribution in [2.75, 3.05) is 0 Å². The maximum Gasteiger partial charge on any atom is 0.0360 e. The van der Waals surface area contributed by atoms with E-state index in [2.05, 4.69) is 63.0 Å². The molecule has 0 amide bonds. The van der Waals surface area contributed by atoms with E-state index in [1.807, 2.05) is 0 Å². The minimum atomic E-state index is 0.288. The normalized spacial score (nSPS) is 25.9. The maximum absolute atomic E-state index is 4.21. The Labute approximate surface area is 105 Å². The highest BCUT2D eigenvalue weighted by Crippen LogP contribution is 2.35. The SMILES string of the molecule is C=C1C[C@@H](c2ccccc2)N[C@@H](C(C)(C)C)C1. The molecule has 2 atom stereocenters. The Balaban J connectivity index is 2.17. The first-order chi connectivity index (χ1) is 7.97. The van der Waals surface area contributed by atoms with Crippen molar-refractivity contribution < 1.29 is 0 Å². The van der Waals surface area contributed by atoms with Crippen LogP contribution < -0.4 is 5.32 Å². The summed E-state index contributed by atoms with van der Waals surface area (Å²) < 4.78 is 0. The molecule has 1 aromatic rings. The van der Waals surface area contributed by atoms with Gasteiger partial charge in [-0.05, 0) is 23.8 Å². The average Bonchev–Trinajstić information content (AvgIpc) is 2.28. The highest BCUT2D eigenvalue weighted by molar-refractivity contribution is 5.23. The molecule has 17 heavy (non-hydrogen) atoms. The Kier molecular flexibility index (Phi) is 3.39. The topological polar surface area (TPSA) is 12.0 Å². The van der Waals surface area contributed by atoms with E-state index in [9.17, 15) is 0 Å². The second-order valence-electron chi connectivity index (χ2n) is 6.21. The predicted octanol–water partition coefficient (Wildman–Crippen LogP) is 4.08. The van der Waals surface area contributed by atoms with Gasteiger partial charge in [-0.2, -0.15) is 0 Å². The van der Waals surface area contributed by atoms with Crippen LogP contribution >= 0.6 is 0 Å². The number of rotatable bonds is 1. The van der Waals surface area contributed by atoms with E-state index in [0.717, 1.165) is 12.8 Å². The fourth-order valence-electron chi connectivity index (χ4n) is 2.48. The van der Waals surface area contributed by atoms with E-state index in [1.54, 1.807) is 0 Å². The van der Waals surface area contributed by atoms with Gasteiger partial charge in [0.1, 0.15) is 0 Å². The Morgan fingerprint density at radius 1 is 1.12 bits per heavy atom. The number of hydrogen-bond acceptors (Lipinski definition) is 1. The molecule has 0 bridgehead atoms. The summed E-state index contributed by atoms with van der Waals surface area (Å²) in [5.41, 5.74) is 3.04. The molecule has 1 fully saturated rings. The highest BCUT2D eigenvalue weighted by Gasteiger charge is 2.31. The lowest BCUT2D eigenvalue weighted by molar-refractivity contribution is 0.221. The van der Waals surface area contributed by atoms with E-state index >= 15 is 0 Å². The van der Waals surface area contributed by atoms with E-state index < -0.39 is 0 Å². The fraction of sp³-hybridized carbons (Fsp3) is 0.500. The number of nitrogens with one attached hydrogen (secondary N) is 1. The van der Waals surface area contributed by atoms with Gasteiger partial charge in [-0.1, -0.05) is 63.3 Å². The van der Waals surface area contributed by atoms with Gasteiger partial charge in [0.15, 0.2) is 0 Å². The zero-order valence-electron chi connectivity index (χ0n) is 11.2.